The van der Waals surface area contributed by atoms with Gasteiger partial charge < -0.3 is 10.4 Å². The van der Waals surface area contributed by atoms with Crippen molar-refractivity contribution in [3.63, 3.8) is 0 Å². The van der Waals surface area contributed by atoms with Crippen molar-refractivity contribution in [2.75, 3.05) is 11.9 Å². The molecule has 0 saturated heterocycles. The van der Waals surface area contributed by atoms with Crippen LogP contribution in [0.2, 0.25) is 0 Å². The Balaban J connectivity index is 1.65. The largest absolute Gasteiger partial charge is 0.389 e. The molecule has 1 atom stereocenters. The van der Waals surface area contributed by atoms with Gasteiger partial charge in [0.05, 0.1) is 12.6 Å². The molecule has 0 saturated carbocycles. The molecule has 3 rings (SSSR count). The minimum absolute atomic E-state index is 0.328. The van der Waals surface area contributed by atoms with Crippen LogP contribution in [-0.2, 0) is 6.54 Å². The number of rotatable bonds is 6. The van der Waals surface area contributed by atoms with E-state index in [-0.39, 0.29) is 0 Å². The van der Waals surface area contributed by atoms with Crippen LogP contribution in [0.3, 0.4) is 0 Å². The zero-order chi connectivity index (χ0) is 16.9. The Bertz CT molecular complexity index is 800. The number of aryl methyl sites for hydroxylation is 2. The molecule has 1 unspecified atom stereocenters. The van der Waals surface area contributed by atoms with Gasteiger partial charge in [0, 0.05) is 17.8 Å². The predicted molar refractivity (Wildman–Crippen MR) is 93.7 cm³/mol. The van der Waals surface area contributed by atoms with Crippen LogP contribution in [-0.4, -0.2) is 38.0 Å². The normalized spacial score (nSPS) is 12.1. The van der Waals surface area contributed by atoms with E-state index in [1.165, 1.54) is 5.56 Å². The second-order valence-corrected chi connectivity index (χ2v) is 5.90. The summed E-state index contributed by atoms with van der Waals surface area (Å²) in [6.07, 6.45) is -0.601. The zero-order valence-corrected chi connectivity index (χ0v) is 13.8. The summed E-state index contributed by atoms with van der Waals surface area (Å²) in [6.45, 7) is 4.85. The van der Waals surface area contributed by atoms with Crippen molar-refractivity contribution >= 4 is 5.69 Å². The smallest absolute Gasteiger partial charge is 0.182 e. The number of aliphatic hydroxyl groups excluding tert-OH is 1. The molecule has 0 spiro atoms. The second-order valence-electron chi connectivity index (χ2n) is 5.90. The average Bonchev–Trinajstić information content (AvgIpc) is 3.04. The Hall–Kier alpha value is -2.73. The first kappa shape index (κ1) is 16.1. The number of aromatic nitrogens is 4. The molecule has 0 aliphatic carbocycles. The molecule has 24 heavy (non-hydrogen) atoms. The third-order valence-corrected chi connectivity index (χ3v) is 3.87. The lowest BCUT2D eigenvalue weighted by Gasteiger charge is -2.15. The van der Waals surface area contributed by atoms with Gasteiger partial charge in [0.25, 0.3) is 0 Å². The minimum Gasteiger partial charge on any atom is -0.389 e. The van der Waals surface area contributed by atoms with Crippen molar-refractivity contribution in [1.29, 1.82) is 0 Å². The number of tetrazole rings is 1. The third kappa shape index (κ3) is 3.78. The van der Waals surface area contributed by atoms with Gasteiger partial charge in [0.2, 0.25) is 0 Å². The standard InChI is InChI=1S/C18H21N5O/c1-13-8-9-14(2)17(10-13)19-11-16(24)12-23-18(20-21-22-23)15-6-4-3-5-7-15/h3-10,16,19,24H,11-12H2,1-2H3. The van der Waals surface area contributed by atoms with Crippen LogP contribution in [0.4, 0.5) is 5.69 Å². The van der Waals surface area contributed by atoms with E-state index in [1.807, 2.05) is 44.2 Å². The van der Waals surface area contributed by atoms with Crippen molar-refractivity contribution in [3.8, 4) is 11.4 Å². The summed E-state index contributed by atoms with van der Waals surface area (Å²) in [5, 5.41) is 25.4. The van der Waals surface area contributed by atoms with Crippen LogP contribution in [0.25, 0.3) is 11.4 Å². The highest BCUT2D eigenvalue weighted by Crippen LogP contribution is 2.17. The van der Waals surface area contributed by atoms with Crippen molar-refractivity contribution in [2.45, 2.75) is 26.5 Å². The molecule has 0 radical (unpaired) electrons. The van der Waals surface area contributed by atoms with E-state index < -0.39 is 6.10 Å². The average molecular weight is 323 g/mol. The Kier molecular flexibility index (Phi) is 4.86. The highest BCUT2D eigenvalue weighted by atomic mass is 16.3. The summed E-state index contributed by atoms with van der Waals surface area (Å²) >= 11 is 0. The summed E-state index contributed by atoms with van der Waals surface area (Å²) in [7, 11) is 0. The first-order valence-electron chi connectivity index (χ1n) is 7.94. The Morgan fingerprint density at radius 3 is 2.71 bits per heavy atom. The maximum atomic E-state index is 10.3. The molecule has 0 aliphatic heterocycles. The first-order chi connectivity index (χ1) is 11.6. The van der Waals surface area contributed by atoms with E-state index >= 15 is 0 Å². The number of aliphatic hydroxyl groups is 1. The Labute approximate surface area is 141 Å². The van der Waals surface area contributed by atoms with Gasteiger partial charge in [-0.3, -0.25) is 0 Å². The number of anilines is 1. The van der Waals surface area contributed by atoms with Crippen LogP contribution in [0.5, 0.6) is 0 Å². The Morgan fingerprint density at radius 2 is 1.92 bits per heavy atom. The summed E-state index contributed by atoms with van der Waals surface area (Å²) in [5.74, 6) is 0.654. The molecule has 2 N–H and O–H groups in total. The maximum Gasteiger partial charge on any atom is 0.182 e. The van der Waals surface area contributed by atoms with Gasteiger partial charge in [-0.2, -0.15) is 0 Å². The number of nitrogens with one attached hydrogen (secondary N) is 1. The van der Waals surface area contributed by atoms with E-state index in [1.54, 1.807) is 4.68 Å². The zero-order valence-electron chi connectivity index (χ0n) is 13.8. The summed E-state index contributed by atoms with van der Waals surface area (Å²) < 4.78 is 1.63. The molecule has 2 aromatic carbocycles. The number of nitrogens with zero attached hydrogens (tertiary/aromatic N) is 4. The van der Waals surface area contributed by atoms with Gasteiger partial charge in [-0.05, 0) is 41.5 Å². The van der Waals surface area contributed by atoms with Crippen molar-refractivity contribution in [3.05, 3.63) is 59.7 Å². The van der Waals surface area contributed by atoms with Crippen LogP contribution in [0.1, 0.15) is 11.1 Å². The topological polar surface area (TPSA) is 75.9 Å². The van der Waals surface area contributed by atoms with E-state index in [9.17, 15) is 5.11 Å². The predicted octanol–water partition coefficient (Wildman–Crippen LogP) is 2.43. The first-order valence-corrected chi connectivity index (χ1v) is 7.94. The number of hydrogen-bond acceptors (Lipinski definition) is 5. The molecule has 6 nitrogen and oxygen atoms in total. The summed E-state index contributed by atoms with van der Waals surface area (Å²) in [5.41, 5.74) is 4.30. The highest BCUT2D eigenvalue weighted by molar-refractivity contribution is 5.54. The lowest BCUT2D eigenvalue weighted by atomic mass is 10.1. The molecular formula is C18H21N5O. The van der Waals surface area contributed by atoms with E-state index in [2.05, 4.69) is 39.0 Å². The molecule has 0 fully saturated rings. The molecular weight excluding hydrogens is 302 g/mol. The van der Waals surface area contributed by atoms with Crippen molar-refractivity contribution in [1.82, 2.24) is 20.2 Å². The van der Waals surface area contributed by atoms with Gasteiger partial charge in [0.1, 0.15) is 0 Å². The maximum absolute atomic E-state index is 10.3. The van der Waals surface area contributed by atoms with Crippen LogP contribution < -0.4 is 5.32 Å². The molecule has 1 aromatic heterocycles. The van der Waals surface area contributed by atoms with Gasteiger partial charge in [-0.25, -0.2) is 4.68 Å². The van der Waals surface area contributed by atoms with Crippen molar-refractivity contribution in [2.24, 2.45) is 0 Å². The molecule has 0 bridgehead atoms. The SMILES string of the molecule is Cc1ccc(C)c(NCC(O)Cn2nnnc2-c2ccccc2)c1. The van der Waals surface area contributed by atoms with Crippen molar-refractivity contribution < 1.29 is 5.11 Å². The van der Waals surface area contributed by atoms with E-state index in [0.717, 1.165) is 16.8 Å². The molecule has 0 aliphatic rings. The fourth-order valence-corrected chi connectivity index (χ4v) is 2.54. The minimum atomic E-state index is -0.601. The number of benzene rings is 2. The fourth-order valence-electron chi connectivity index (χ4n) is 2.54. The highest BCUT2D eigenvalue weighted by Gasteiger charge is 2.13. The third-order valence-electron chi connectivity index (χ3n) is 3.87. The van der Waals surface area contributed by atoms with Crippen LogP contribution in [0.15, 0.2) is 48.5 Å². The van der Waals surface area contributed by atoms with E-state index in [4.69, 9.17) is 0 Å². The fraction of sp³-hybridized carbons (Fsp3) is 0.278. The summed E-state index contributed by atoms with van der Waals surface area (Å²) in [4.78, 5) is 0. The van der Waals surface area contributed by atoms with E-state index in [0.29, 0.717) is 18.9 Å². The lowest BCUT2D eigenvalue weighted by molar-refractivity contribution is 0.161. The molecule has 124 valence electrons. The van der Waals surface area contributed by atoms with Crippen LogP contribution >= 0.6 is 0 Å². The summed E-state index contributed by atoms with van der Waals surface area (Å²) in [6, 6.07) is 15.9. The molecule has 3 aromatic rings. The van der Waals surface area contributed by atoms with Gasteiger partial charge in [-0.1, -0.05) is 42.5 Å². The second kappa shape index (κ2) is 7.23. The number of hydrogen-bond donors (Lipinski definition) is 2. The molecule has 6 heteroatoms. The molecule has 0 amide bonds. The quantitative estimate of drug-likeness (QED) is 0.728. The van der Waals surface area contributed by atoms with Gasteiger partial charge >= 0.3 is 0 Å². The lowest BCUT2D eigenvalue weighted by Crippen LogP contribution is -2.26. The van der Waals surface area contributed by atoms with Crippen LogP contribution in [0, 0.1) is 13.8 Å². The Morgan fingerprint density at radius 1 is 1.12 bits per heavy atom. The molecule has 1 heterocycles. The monoisotopic (exact) mass is 323 g/mol. The van der Waals surface area contributed by atoms with Gasteiger partial charge in [-0.15, -0.1) is 5.10 Å². The van der Waals surface area contributed by atoms with Gasteiger partial charge in [0.15, 0.2) is 5.82 Å².